The highest BCUT2D eigenvalue weighted by Crippen LogP contribution is 2.28. The highest BCUT2D eigenvalue weighted by atomic mass is 16.3. The van der Waals surface area contributed by atoms with E-state index in [0.717, 1.165) is 31.5 Å². The molecule has 0 amide bonds. The second kappa shape index (κ2) is 7.46. The molecule has 0 aromatic rings. The van der Waals surface area contributed by atoms with Gasteiger partial charge in [0.2, 0.25) is 0 Å². The van der Waals surface area contributed by atoms with Crippen molar-refractivity contribution >= 4 is 0 Å². The van der Waals surface area contributed by atoms with Gasteiger partial charge in [-0.15, -0.1) is 0 Å². The Labute approximate surface area is 112 Å². The van der Waals surface area contributed by atoms with Crippen molar-refractivity contribution < 1.29 is 5.11 Å². The van der Waals surface area contributed by atoms with Crippen molar-refractivity contribution in [1.82, 2.24) is 10.2 Å². The normalized spacial score (nSPS) is 31.7. The van der Waals surface area contributed by atoms with E-state index in [0.29, 0.717) is 0 Å². The lowest BCUT2D eigenvalue weighted by Crippen LogP contribution is -2.39. The van der Waals surface area contributed by atoms with Gasteiger partial charge in [0.15, 0.2) is 0 Å². The Kier molecular flexibility index (Phi) is 5.93. The molecule has 3 atom stereocenters. The quantitative estimate of drug-likeness (QED) is 0.759. The first kappa shape index (κ1) is 14.3. The number of likely N-dealkylation sites (tertiary alicyclic amines) is 1. The highest BCUT2D eigenvalue weighted by molar-refractivity contribution is 4.76. The van der Waals surface area contributed by atoms with Gasteiger partial charge in [0.25, 0.3) is 0 Å². The van der Waals surface area contributed by atoms with Crippen LogP contribution in [0.4, 0.5) is 0 Å². The maximum atomic E-state index is 10.0. The Balaban J connectivity index is 1.56. The highest BCUT2D eigenvalue weighted by Gasteiger charge is 2.21. The molecule has 2 aliphatic rings. The monoisotopic (exact) mass is 254 g/mol. The number of nitrogens with zero attached hydrogens (tertiary/aromatic N) is 1. The second-order valence-electron chi connectivity index (χ2n) is 6.34. The van der Waals surface area contributed by atoms with E-state index < -0.39 is 0 Å². The van der Waals surface area contributed by atoms with Gasteiger partial charge in [-0.25, -0.2) is 0 Å². The van der Waals surface area contributed by atoms with Crippen LogP contribution >= 0.6 is 0 Å². The van der Waals surface area contributed by atoms with Crippen LogP contribution in [0.15, 0.2) is 0 Å². The van der Waals surface area contributed by atoms with Crippen molar-refractivity contribution in [2.24, 2.45) is 11.8 Å². The van der Waals surface area contributed by atoms with E-state index in [1.807, 2.05) is 0 Å². The maximum Gasteiger partial charge on any atom is 0.0791 e. The summed E-state index contributed by atoms with van der Waals surface area (Å²) < 4.78 is 0. The third-order valence-corrected chi connectivity index (χ3v) is 4.74. The smallest absolute Gasteiger partial charge is 0.0791 e. The van der Waals surface area contributed by atoms with Crippen LogP contribution < -0.4 is 5.32 Å². The van der Waals surface area contributed by atoms with Crippen LogP contribution in [0.5, 0.6) is 0 Å². The van der Waals surface area contributed by atoms with Crippen LogP contribution in [-0.2, 0) is 0 Å². The molecule has 0 radical (unpaired) electrons. The van der Waals surface area contributed by atoms with E-state index in [9.17, 15) is 5.11 Å². The third kappa shape index (κ3) is 4.52. The van der Waals surface area contributed by atoms with Crippen molar-refractivity contribution in [2.45, 2.75) is 51.6 Å². The summed E-state index contributed by atoms with van der Waals surface area (Å²) in [5.74, 6) is 1.69. The molecule has 2 N–H and O–H groups in total. The lowest BCUT2D eigenvalue weighted by Gasteiger charge is -2.29. The lowest BCUT2D eigenvalue weighted by atomic mass is 9.80. The van der Waals surface area contributed by atoms with Crippen LogP contribution in [0.3, 0.4) is 0 Å². The summed E-state index contributed by atoms with van der Waals surface area (Å²) in [5.41, 5.74) is 0. The fourth-order valence-corrected chi connectivity index (χ4v) is 3.46. The van der Waals surface area contributed by atoms with Crippen molar-refractivity contribution in [2.75, 3.05) is 32.7 Å². The number of hydrogen-bond donors (Lipinski definition) is 2. The fourth-order valence-electron chi connectivity index (χ4n) is 3.46. The van der Waals surface area contributed by atoms with Crippen LogP contribution in [-0.4, -0.2) is 48.8 Å². The van der Waals surface area contributed by atoms with Crippen molar-refractivity contribution in [3.63, 3.8) is 0 Å². The van der Waals surface area contributed by atoms with Crippen LogP contribution in [0.25, 0.3) is 0 Å². The minimum atomic E-state index is -0.193. The van der Waals surface area contributed by atoms with E-state index in [-0.39, 0.29) is 6.10 Å². The molecule has 1 saturated heterocycles. The summed E-state index contributed by atoms with van der Waals surface area (Å²) >= 11 is 0. The predicted octanol–water partition coefficient (Wildman–Crippen LogP) is 1.86. The van der Waals surface area contributed by atoms with Crippen molar-refractivity contribution in [3.8, 4) is 0 Å². The molecule has 0 bridgehead atoms. The minimum absolute atomic E-state index is 0.193. The molecule has 1 saturated carbocycles. The first-order valence-corrected chi connectivity index (χ1v) is 7.87. The van der Waals surface area contributed by atoms with Gasteiger partial charge in [0.05, 0.1) is 6.10 Å². The standard InChI is InChI=1S/C15H30N2O/c1-13-6-2-3-7-14(13)10-16-11-15(18)12-17-8-4-5-9-17/h13-16,18H,2-12H2,1H3. The largest absolute Gasteiger partial charge is 0.390 e. The fraction of sp³-hybridized carbons (Fsp3) is 1.00. The predicted molar refractivity (Wildman–Crippen MR) is 75.7 cm³/mol. The number of rotatable bonds is 6. The average Bonchev–Trinajstić information content (AvgIpc) is 2.84. The molecule has 1 heterocycles. The molecule has 18 heavy (non-hydrogen) atoms. The Hall–Kier alpha value is -0.120. The summed E-state index contributed by atoms with van der Waals surface area (Å²) in [5, 5.41) is 13.5. The Morgan fingerprint density at radius 1 is 1.17 bits per heavy atom. The van der Waals surface area contributed by atoms with E-state index in [1.165, 1.54) is 51.6 Å². The Morgan fingerprint density at radius 2 is 1.89 bits per heavy atom. The van der Waals surface area contributed by atoms with Gasteiger partial charge in [-0.2, -0.15) is 0 Å². The van der Waals surface area contributed by atoms with Crippen LogP contribution in [0, 0.1) is 11.8 Å². The molecule has 106 valence electrons. The Bertz CT molecular complexity index is 229. The van der Waals surface area contributed by atoms with Crippen molar-refractivity contribution in [1.29, 1.82) is 0 Å². The maximum absolute atomic E-state index is 10.0. The van der Waals surface area contributed by atoms with Crippen LogP contribution in [0.2, 0.25) is 0 Å². The summed E-state index contributed by atoms with van der Waals surface area (Å²) in [7, 11) is 0. The molecular weight excluding hydrogens is 224 g/mol. The van der Waals surface area contributed by atoms with Gasteiger partial charge in [-0.3, -0.25) is 0 Å². The van der Waals surface area contributed by atoms with Gasteiger partial charge in [0, 0.05) is 13.1 Å². The van der Waals surface area contributed by atoms with Gasteiger partial charge in [0.1, 0.15) is 0 Å². The molecule has 1 aliphatic heterocycles. The number of nitrogens with one attached hydrogen (secondary N) is 1. The van der Waals surface area contributed by atoms with Gasteiger partial charge >= 0.3 is 0 Å². The van der Waals surface area contributed by atoms with Crippen molar-refractivity contribution in [3.05, 3.63) is 0 Å². The minimum Gasteiger partial charge on any atom is -0.390 e. The molecular formula is C15H30N2O. The SMILES string of the molecule is CC1CCCCC1CNCC(O)CN1CCCC1. The number of aliphatic hydroxyl groups is 1. The number of aliphatic hydroxyl groups excluding tert-OH is 1. The third-order valence-electron chi connectivity index (χ3n) is 4.74. The molecule has 3 nitrogen and oxygen atoms in total. The molecule has 3 heteroatoms. The summed E-state index contributed by atoms with van der Waals surface area (Å²) in [6.07, 6.45) is 7.99. The lowest BCUT2D eigenvalue weighted by molar-refractivity contribution is 0.120. The van der Waals surface area contributed by atoms with Gasteiger partial charge < -0.3 is 15.3 Å². The molecule has 3 unspecified atom stereocenters. The van der Waals surface area contributed by atoms with E-state index in [2.05, 4.69) is 17.1 Å². The van der Waals surface area contributed by atoms with Gasteiger partial charge in [-0.05, 0) is 50.7 Å². The zero-order chi connectivity index (χ0) is 12.8. The summed E-state index contributed by atoms with van der Waals surface area (Å²) in [4.78, 5) is 2.38. The number of β-amino-alcohol motifs (C(OH)–C–C–N with tert-alkyl or cyclic N) is 1. The first-order chi connectivity index (χ1) is 8.75. The van der Waals surface area contributed by atoms with E-state index >= 15 is 0 Å². The average molecular weight is 254 g/mol. The number of hydrogen-bond acceptors (Lipinski definition) is 3. The van der Waals surface area contributed by atoms with E-state index in [4.69, 9.17) is 0 Å². The van der Waals surface area contributed by atoms with Crippen LogP contribution in [0.1, 0.15) is 45.4 Å². The molecule has 0 aromatic heterocycles. The summed E-state index contributed by atoms with van der Waals surface area (Å²) in [6, 6.07) is 0. The first-order valence-electron chi connectivity index (χ1n) is 7.87. The second-order valence-corrected chi connectivity index (χ2v) is 6.34. The van der Waals surface area contributed by atoms with E-state index in [1.54, 1.807) is 0 Å². The molecule has 0 aromatic carbocycles. The molecule has 2 rings (SSSR count). The molecule has 0 spiro atoms. The zero-order valence-corrected chi connectivity index (χ0v) is 11.9. The summed E-state index contributed by atoms with van der Waals surface area (Å²) in [6.45, 7) is 7.45. The molecule has 2 fully saturated rings. The zero-order valence-electron chi connectivity index (χ0n) is 11.9. The van der Waals surface area contributed by atoms with Gasteiger partial charge in [-0.1, -0.05) is 26.2 Å². The molecule has 1 aliphatic carbocycles. The Morgan fingerprint density at radius 3 is 2.61 bits per heavy atom. The topological polar surface area (TPSA) is 35.5 Å².